The number of amides is 1. The van der Waals surface area contributed by atoms with Crippen molar-refractivity contribution in [1.29, 1.82) is 0 Å². The Hall–Kier alpha value is -4.08. The molecule has 0 radical (unpaired) electrons. The maximum Gasteiger partial charge on any atom is 0.342 e. The Labute approximate surface area is 230 Å². The molecule has 1 heterocycles. The van der Waals surface area contributed by atoms with Gasteiger partial charge in [0.05, 0.1) is 29.2 Å². The first-order valence-corrected chi connectivity index (χ1v) is 13.2. The van der Waals surface area contributed by atoms with Crippen molar-refractivity contribution in [3.63, 3.8) is 0 Å². The van der Waals surface area contributed by atoms with Crippen LogP contribution in [0.2, 0.25) is 5.02 Å². The number of rotatable bonds is 11. The molecule has 1 aromatic heterocycles. The fourth-order valence-electron chi connectivity index (χ4n) is 3.66. The molecule has 0 aliphatic carbocycles. The number of para-hydroxylation sites is 1. The molecule has 4 aromatic rings. The molecule has 4 rings (SSSR count). The molecular formula is C28H27ClN5O3S+. The van der Waals surface area contributed by atoms with Crippen LogP contribution in [0.25, 0.3) is 17.1 Å². The van der Waals surface area contributed by atoms with Gasteiger partial charge in [-0.05, 0) is 85.3 Å². The van der Waals surface area contributed by atoms with E-state index in [0.717, 1.165) is 28.4 Å². The summed E-state index contributed by atoms with van der Waals surface area (Å²) in [4.78, 5) is 12.5. The minimum absolute atomic E-state index is 0.0712. The SMILES string of the molecule is C=CCc1cccc(C=NNC(=O)CSc2n[nH]c(-c3ccc(Cl)cc3)[n+]2-c2ccc(OCC)cc2)c1O. The Morgan fingerprint density at radius 3 is 2.68 bits per heavy atom. The molecule has 0 atom stereocenters. The number of aromatic amines is 1. The van der Waals surface area contributed by atoms with Crippen molar-refractivity contribution in [3.8, 4) is 28.6 Å². The molecule has 0 aliphatic rings. The fraction of sp³-hybridized carbons (Fsp3) is 0.143. The van der Waals surface area contributed by atoms with Crippen molar-refractivity contribution in [2.45, 2.75) is 18.5 Å². The summed E-state index contributed by atoms with van der Waals surface area (Å²) in [6, 6.07) is 20.4. The van der Waals surface area contributed by atoms with Crippen LogP contribution in [-0.2, 0) is 11.2 Å². The number of nitrogens with zero attached hydrogens (tertiary/aromatic N) is 3. The van der Waals surface area contributed by atoms with Crippen LogP contribution in [0.4, 0.5) is 0 Å². The lowest BCUT2D eigenvalue weighted by Crippen LogP contribution is -2.34. The van der Waals surface area contributed by atoms with E-state index in [4.69, 9.17) is 16.3 Å². The van der Waals surface area contributed by atoms with Crippen molar-refractivity contribution in [2.24, 2.45) is 5.10 Å². The highest BCUT2D eigenvalue weighted by atomic mass is 35.5. The average Bonchev–Trinajstić information content (AvgIpc) is 3.34. The van der Waals surface area contributed by atoms with Crippen LogP contribution < -0.4 is 14.7 Å². The van der Waals surface area contributed by atoms with Gasteiger partial charge in [-0.3, -0.25) is 4.79 Å². The van der Waals surface area contributed by atoms with Gasteiger partial charge in [0.2, 0.25) is 0 Å². The molecule has 0 spiro atoms. The number of hydrogen-bond donors (Lipinski definition) is 3. The first kappa shape index (κ1) is 27.0. The number of hydrogen-bond acceptors (Lipinski definition) is 6. The number of aromatic hydroxyl groups is 1. The first-order chi connectivity index (χ1) is 18.5. The number of benzene rings is 3. The zero-order chi connectivity index (χ0) is 26.9. The van der Waals surface area contributed by atoms with E-state index >= 15 is 0 Å². The fourth-order valence-corrected chi connectivity index (χ4v) is 4.55. The summed E-state index contributed by atoms with van der Waals surface area (Å²) in [6.07, 6.45) is 3.66. The van der Waals surface area contributed by atoms with Crippen molar-refractivity contribution in [1.82, 2.24) is 15.6 Å². The number of phenolic OH excluding ortho intramolecular Hbond substituents is 1. The predicted octanol–water partition coefficient (Wildman–Crippen LogP) is 5.08. The average molecular weight is 549 g/mol. The Bertz CT molecular complexity index is 1440. The summed E-state index contributed by atoms with van der Waals surface area (Å²) in [5.41, 5.74) is 5.48. The molecular weight excluding hydrogens is 522 g/mol. The molecule has 0 saturated carbocycles. The molecule has 194 valence electrons. The molecule has 0 bridgehead atoms. The van der Waals surface area contributed by atoms with E-state index in [1.807, 2.05) is 72.2 Å². The van der Waals surface area contributed by atoms with E-state index in [0.29, 0.717) is 28.8 Å². The van der Waals surface area contributed by atoms with Crippen LogP contribution >= 0.6 is 23.4 Å². The zero-order valence-corrected chi connectivity index (χ0v) is 22.3. The zero-order valence-electron chi connectivity index (χ0n) is 20.7. The summed E-state index contributed by atoms with van der Waals surface area (Å²) in [6.45, 7) is 6.20. The number of thioether (sulfide) groups is 1. The van der Waals surface area contributed by atoms with Crippen molar-refractivity contribution >= 4 is 35.5 Å². The molecule has 0 saturated heterocycles. The predicted molar refractivity (Wildman–Crippen MR) is 150 cm³/mol. The van der Waals surface area contributed by atoms with Gasteiger partial charge in [-0.1, -0.05) is 29.8 Å². The number of carbonyl (C=O) groups is 1. The number of nitrogens with one attached hydrogen (secondary N) is 2. The minimum Gasteiger partial charge on any atom is -0.507 e. The smallest absolute Gasteiger partial charge is 0.342 e. The maximum atomic E-state index is 12.5. The van der Waals surface area contributed by atoms with Gasteiger partial charge >= 0.3 is 5.16 Å². The van der Waals surface area contributed by atoms with E-state index in [9.17, 15) is 9.90 Å². The highest BCUT2D eigenvalue weighted by molar-refractivity contribution is 7.99. The normalized spacial score (nSPS) is 11.0. The lowest BCUT2D eigenvalue weighted by atomic mass is 10.1. The van der Waals surface area contributed by atoms with E-state index in [-0.39, 0.29) is 17.4 Å². The molecule has 0 unspecified atom stereocenters. The number of allylic oxidation sites excluding steroid dienone is 1. The third-order valence-corrected chi connectivity index (χ3v) is 6.63. The van der Waals surface area contributed by atoms with Gasteiger partial charge in [-0.25, -0.2) is 5.43 Å². The number of ether oxygens (including phenoxy) is 1. The number of phenols is 1. The Balaban J connectivity index is 1.50. The highest BCUT2D eigenvalue weighted by Crippen LogP contribution is 2.24. The number of aromatic nitrogens is 3. The number of H-pyrrole nitrogens is 1. The minimum atomic E-state index is -0.317. The molecule has 38 heavy (non-hydrogen) atoms. The first-order valence-electron chi connectivity index (χ1n) is 11.9. The third kappa shape index (κ3) is 6.62. The second-order valence-electron chi connectivity index (χ2n) is 8.05. The quantitative estimate of drug-likeness (QED) is 0.0797. The molecule has 10 heteroatoms. The van der Waals surface area contributed by atoms with Crippen LogP contribution in [-0.4, -0.2) is 39.8 Å². The van der Waals surface area contributed by atoms with Crippen molar-refractivity contribution < 1.29 is 19.2 Å². The molecule has 0 aliphatic heterocycles. The van der Waals surface area contributed by atoms with Crippen LogP contribution in [0, 0.1) is 0 Å². The standard InChI is InChI=1S/C28H26ClN5O3S/c1-3-6-19-7-5-8-21(26(19)36)17-30-31-25(35)18-38-28-33-32-27(20-9-11-22(29)12-10-20)34(28)23-13-15-24(16-14-23)37-4-2/h3,5,7-17H,1,4,6,18H2,2H3,(H2,30,31,35,36)/p+1. The van der Waals surface area contributed by atoms with Gasteiger partial charge in [0, 0.05) is 10.6 Å². The van der Waals surface area contributed by atoms with Gasteiger partial charge < -0.3 is 9.84 Å². The van der Waals surface area contributed by atoms with Crippen LogP contribution in [0.1, 0.15) is 18.1 Å². The molecule has 3 N–H and O–H groups in total. The second-order valence-corrected chi connectivity index (χ2v) is 9.43. The van der Waals surface area contributed by atoms with Gasteiger partial charge in [0.15, 0.2) is 0 Å². The van der Waals surface area contributed by atoms with Crippen molar-refractivity contribution in [2.75, 3.05) is 12.4 Å². The Kier molecular flexibility index (Phi) is 9.18. The van der Waals surface area contributed by atoms with E-state index in [1.54, 1.807) is 12.1 Å². The van der Waals surface area contributed by atoms with E-state index < -0.39 is 0 Å². The van der Waals surface area contributed by atoms with Crippen LogP contribution in [0.15, 0.2) is 89.6 Å². The van der Waals surface area contributed by atoms with Gasteiger partial charge in [0.1, 0.15) is 17.2 Å². The maximum absolute atomic E-state index is 12.5. The topological polar surface area (TPSA) is 103 Å². The van der Waals surface area contributed by atoms with Gasteiger partial charge in [0.25, 0.3) is 11.7 Å². The molecule has 1 amide bonds. The summed E-state index contributed by atoms with van der Waals surface area (Å²) >= 11 is 7.34. The second kappa shape index (κ2) is 12.9. The van der Waals surface area contributed by atoms with E-state index in [2.05, 4.69) is 27.3 Å². The largest absolute Gasteiger partial charge is 0.507 e. The highest BCUT2D eigenvalue weighted by Gasteiger charge is 2.24. The number of halogens is 1. The summed E-state index contributed by atoms with van der Waals surface area (Å²) < 4.78 is 7.51. The van der Waals surface area contributed by atoms with E-state index in [1.165, 1.54) is 18.0 Å². The third-order valence-electron chi connectivity index (χ3n) is 5.44. The summed E-state index contributed by atoms with van der Waals surface area (Å²) in [5.74, 6) is 1.37. The molecule has 0 fully saturated rings. The molecule has 3 aromatic carbocycles. The number of carbonyl (C=O) groups excluding carboxylic acids is 1. The molecule has 8 nitrogen and oxygen atoms in total. The monoisotopic (exact) mass is 548 g/mol. The van der Waals surface area contributed by atoms with Gasteiger partial charge in [-0.2, -0.15) is 9.67 Å². The summed E-state index contributed by atoms with van der Waals surface area (Å²) in [7, 11) is 0. The van der Waals surface area contributed by atoms with Crippen LogP contribution in [0.5, 0.6) is 11.5 Å². The number of hydrazone groups is 1. The lowest BCUT2D eigenvalue weighted by molar-refractivity contribution is -0.625. The Morgan fingerprint density at radius 1 is 1.21 bits per heavy atom. The van der Waals surface area contributed by atoms with Crippen LogP contribution in [0.3, 0.4) is 0 Å². The van der Waals surface area contributed by atoms with Gasteiger partial charge in [-0.15, -0.1) is 11.7 Å². The summed E-state index contributed by atoms with van der Waals surface area (Å²) in [5, 5.41) is 23.1. The van der Waals surface area contributed by atoms with Crippen molar-refractivity contribution in [3.05, 3.63) is 95.5 Å². The Morgan fingerprint density at radius 2 is 1.97 bits per heavy atom. The lowest BCUT2D eigenvalue weighted by Gasteiger charge is -2.07.